The Morgan fingerprint density at radius 2 is 1.78 bits per heavy atom. The third-order valence-electron chi connectivity index (χ3n) is 6.55. The zero-order valence-electron chi connectivity index (χ0n) is 17.9. The Kier molecular flexibility index (Phi) is 5.61. The lowest BCUT2D eigenvalue weighted by Crippen LogP contribution is -2.56. The Morgan fingerprint density at radius 3 is 2.56 bits per heavy atom. The number of benzene rings is 1. The standard InChI is InChI=1S/C24H26FN5O2/c25-18-6-8-19(9-7-18)27-12-14-28(15-13-27)20-4-3-10-29(17-20)23(31)21-16-26-22-5-1-2-11-30(22)24(21)32/h1-2,5-9,11,16,20H,3-4,10,12-15,17H2/t20-/m1/s1. The lowest BCUT2D eigenvalue weighted by Gasteiger charge is -2.43. The molecule has 2 aliphatic heterocycles. The predicted molar refractivity (Wildman–Crippen MR) is 121 cm³/mol. The van der Waals surface area contributed by atoms with Crippen molar-refractivity contribution in [3.8, 4) is 0 Å². The monoisotopic (exact) mass is 435 g/mol. The minimum atomic E-state index is -0.323. The molecule has 0 aliphatic carbocycles. The molecule has 32 heavy (non-hydrogen) atoms. The van der Waals surface area contributed by atoms with E-state index < -0.39 is 0 Å². The maximum Gasteiger partial charge on any atom is 0.270 e. The molecule has 2 saturated heterocycles. The van der Waals surface area contributed by atoms with Crippen LogP contribution in [-0.4, -0.2) is 70.4 Å². The van der Waals surface area contributed by atoms with E-state index in [1.54, 1.807) is 23.2 Å². The van der Waals surface area contributed by atoms with E-state index in [0.717, 1.165) is 44.7 Å². The van der Waals surface area contributed by atoms with Crippen molar-refractivity contribution in [2.75, 3.05) is 44.2 Å². The van der Waals surface area contributed by atoms with Crippen molar-refractivity contribution in [3.63, 3.8) is 0 Å². The van der Waals surface area contributed by atoms with Crippen LogP contribution in [0.5, 0.6) is 0 Å². The molecule has 7 nitrogen and oxygen atoms in total. The van der Waals surface area contributed by atoms with Gasteiger partial charge in [0, 0.05) is 63.4 Å². The first-order valence-electron chi connectivity index (χ1n) is 11.1. The number of likely N-dealkylation sites (tertiary alicyclic amines) is 1. The van der Waals surface area contributed by atoms with Crippen LogP contribution in [0.1, 0.15) is 23.2 Å². The Morgan fingerprint density at radius 1 is 1.00 bits per heavy atom. The average molecular weight is 436 g/mol. The second-order valence-electron chi connectivity index (χ2n) is 8.45. The van der Waals surface area contributed by atoms with E-state index in [1.807, 2.05) is 18.2 Å². The van der Waals surface area contributed by atoms with Crippen molar-refractivity contribution in [2.24, 2.45) is 0 Å². The SMILES string of the molecule is O=C(c1cnc2ccccn2c1=O)N1CCC[C@@H](N2CCN(c3ccc(F)cc3)CC2)C1. The highest BCUT2D eigenvalue weighted by atomic mass is 19.1. The summed E-state index contributed by atoms with van der Waals surface area (Å²) in [5.41, 5.74) is 1.37. The molecule has 0 unspecified atom stereocenters. The minimum absolute atomic E-state index is 0.121. The zero-order chi connectivity index (χ0) is 22.1. The summed E-state index contributed by atoms with van der Waals surface area (Å²) in [5.74, 6) is -0.462. The summed E-state index contributed by atoms with van der Waals surface area (Å²) >= 11 is 0. The van der Waals surface area contributed by atoms with Crippen molar-refractivity contribution in [2.45, 2.75) is 18.9 Å². The van der Waals surface area contributed by atoms with Gasteiger partial charge in [0.1, 0.15) is 17.0 Å². The first kappa shape index (κ1) is 20.6. The van der Waals surface area contributed by atoms with Crippen LogP contribution in [0.15, 0.2) is 59.7 Å². The molecule has 0 radical (unpaired) electrons. The molecule has 1 aromatic carbocycles. The van der Waals surface area contributed by atoms with E-state index in [9.17, 15) is 14.0 Å². The van der Waals surface area contributed by atoms with Gasteiger partial charge in [0.25, 0.3) is 11.5 Å². The Bertz CT molecular complexity index is 1170. The minimum Gasteiger partial charge on any atom is -0.369 e. The summed E-state index contributed by atoms with van der Waals surface area (Å²) in [6, 6.07) is 12.2. The van der Waals surface area contributed by atoms with Crippen LogP contribution in [0.3, 0.4) is 0 Å². The number of amides is 1. The summed E-state index contributed by atoms with van der Waals surface area (Å²) in [7, 11) is 0. The maximum atomic E-state index is 13.2. The van der Waals surface area contributed by atoms with Gasteiger partial charge in [0.2, 0.25) is 0 Å². The number of halogens is 1. The molecule has 166 valence electrons. The molecule has 2 aromatic heterocycles. The van der Waals surface area contributed by atoms with Crippen LogP contribution in [-0.2, 0) is 0 Å². The fourth-order valence-electron chi connectivity index (χ4n) is 4.78. The Labute approximate surface area is 185 Å². The summed E-state index contributed by atoms with van der Waals surface area (Å²) in [6.07, 6.45) is 5.00. The number of aromatic nitrogens is 2. The lowest BCUT2D eigenvalue weighted by molar-refractivity contribution is 0.0561. The molecule has 3 aromatic rings. The van der Waals surface area contributed by atoms with Crippen molar-refractivity contribution < 1.29 is 9.18 Å². The number of nitrogens with zero attached hydrogens (tertiary/aromatic N) is 5. The lowest BCUT2D eigenvalue weighted by atomic mass is 10.0. The van der Waals surface area contributed by atoms with Gasteiger partial charge in [-0.2, -0.15) is 0 Å². The van der Waals surface area contributed by atoms with Crippen LogP contribution >= 0.6 is 0 Å². The van der Waals surface area contributed by atoms with E-state index in [1.165, 1.54) is 22.7 Å². The number of rotatable bonds is 3. The zero-order valence-corrected chi connectivity index (χ0v) is 17.9. The van der Waals surface area contributed by atoms with Crippen LogP contribution in [0, 0.1) is 5.82 Å². The highest BCUT2D eigenvalue weighted by Crippen LogP contribution is 2.22. The first-order chi connectivity index (χ1) is 15.6. The van der Waals surface area contributed by atoms with Gasteiger partial charge in [-0.25, -0.2) is 9.37 Å². The Balaban J connectivity index is 1.25. The molecule has 0 saturated carbocycles. The molecule has 2 aliphatic rings. The highest BCUT2D eigenvalue weighted by molar-refractivity contribution is 5.93. The van der Waals surface area contributed by atoms with E-state index in [2.05, 4.69) is 14.8 Å². The summed E-state index contributed by atoms with van der Waals surface area (Å²) in [4.78, 5) is 36.8. The summed E-state index contributed by atoms with van der Waals surface area (Å²) in [5, 5.41) is 0. The topological polar surface area (TPSA) is 61.2 Å². The van der Waals surface area contributed by atoms with Crippen molar-refractivity contribution in [3.05, 3.63) is 76.6 Å². The molecule has 4 heterocycles. The number of fused-ring (bicyclic) bond motifs is 1. The van der Waals surface area contributed by atoms with E-state index in [4.69, 9.17) is 0 Å². The Hall–Kier alpha value is -3.26. The van der Waals surface area contributed by atoms with Gasteiger partial charge in [-0.3, -0.25) is 18.9 Å². The number of anilines is 1. The van der Waals surface area contributed by atoms with Gasteiger partial charge in [-0.05, 0) is 49.2 Å². The quantitative estimate of drug-likeness (QED) is 0.632. The number of carbonyl (C=O) groups excluding carboxylic acids is 1. The maximum absolute atomic E-state index is 13.2. The number of hydrogen-bond donors (Lipinski definition) is 0. The molecule has 2 fully saturated rings. The van der Waals surface area contributed by atoms with Crippen LogP contribution in [0.4, 0.5) is 10.1 Å². The molecular formula is C24H26FN5O2. The third kappa shape index (κ3) is 3.98. The predicted octanol–water partition coefficient (Wildman–Crippen LogP) is 2.26. The van der Waals surface area contributed by atoms with Gasteiger partial charge in [-0.1, -0.05) is 6.07 Å². The van der Waals surface area contributed by atoms with Crippen LogP contribution in [0.2, 0.25) is 0 Å². The molecular weight excluding hydrogens is 409 g/mol. The summed E-state index contributed by atoms with van der Waals surface area (Å²) in [6.45, 7) is 4.79. The average Bonchev–Trinajstić information content (AvgIpc) is 2.85. The molecule has 8 heteroatoms. The molecule has 0 spiro atoms. The normalized spacial score (nSPS) is 20.0. The molecule has 1 atom stereocenters. The summed E-state index contributed by atoms with van der Waals surface area (Å²) < 4.78 is 14.6. The van der Waals surface area contributed by atoms with Gasteiger partial charge in [0.15, 0.2) is 0 Å². The third-order valence-corrected chi connectivity index (χ3v) is 6.55. The fraction of sp³-hybridized carbons (Fsp3) is 0.375. The van der Waals surface area contributed by atoms with Crippen LogP contribution < -0.4 is 10.5 Å². The molecule has 1 amide bonds. The fourth-order valence-corrected chi connectivity index (χ4v) is 4.78. The van der Waals surface area contributed by atoms with Crippen molar-refractivity contribution in [1.82, 2.24) is 19.2 Å². The molecule has 5 rings (SSSR count). The number of hydrogen-bond acceptors (Lipinski definition) is 5. The van der Waals surface area contributed by atoms with E-state index >= 15 is 0 Å². The number of carbonyl (C=O) groups is 1. The number of piperazine rings is 1. The first-order valence-corrected chi connectivity index (χ1v) is 11.1. The van der Waals surface area contributed by atoms with E-state index in [0.29, 0.717) is 18.7 Å². The van der Waals surface area contributed by atoms with Gasteiger partial charge in [0.05, 0.1) is 0 Å². The largest absolute Gasteiger partial charge is 0.369 e. The molecule has 0 bridgehead atoms. The van der Waals surface area contributed by atoms with Gasteiger partial charge < -0.3 is 9.80 Å². The second kappa shape index (κ2) is 8.70. The number of pyridine rings is 1. The highest BCUT2D eigenvalue weighted by Gasteiger charge is 2.31. The molecule has 0 N–H and O–H groups in total. The number of piperidine rings is 1. The van der Waals surface area contributed by atoms with Crippen molar-refractivity contribution >= 4 is 17.2 Å². The second-order valence-corrected chi connectivity index (χ2v) is 8.45. The van der Waals surface area contributed by atoms with Gasteiger partial charge >= 0.3 is 0 Å². The smallest absolute Gasteiger partial charge is 0.270 e. The van der Waals surface area contributed by atoms with Gasteiger partial charge in [-0.15, -0.1) is 0 Å². The van der Waals surface area contributed by atoms with E-state index in [-0.39, 0.29) is 28.9 Å². The van der Waals surface area contributed by atoms with Crippen LogP contribution in [0.25, 0.3) is 5.65 Å². The van der Waals surface area contributed by atoms with Crippen molar-refractivity contribution in [1.29, 1.82) is 0 Å².